The Morgan fingerprint density at radius 1 is 1.00 bits per heavy atom. The van der Waals surface area contributed by atoms with Crippen LogP contribution in [0.2, 0.25) is 0 Å². The number of nitrogens with zero attached hydrogens (tertiary/aromatic N) is 3. The summed E-state index contributed by atoms with van der Waals surface area (Å²) in [6, 6.07) is 16.2. The molecule has 0 atom stereocenters. The molecule has 2 aromatic carbocycles. The van der Waals surface area contributed by atoms with E-state index in [1.807, 2.05) is 39.0 Å². The smallest absolute Gasteiger partial charge is 0.412 e. The summed E-state index contributed by atoms with van der Waals surface area (Å²) in [5.41, 5.74) is 9.12. The third-order valence-corrected chi connectivity index (χ3v) is 5.70. The molecule has 4 rings (SSSR count). The van der Waals surface area contributed by atoms with Crippen molar-refractivity contribution in [3.8, 4) is 16.9 Å². The van der Waals surface area contributed by atoms with Gasteiger partial charge in [0.15, 0.2) is 11.8 Å². The van der Waals surface area contributed by atoms with E-state index in [-0.39, 0.29) is 11.9 Å². The van der Waals surface area contributed by atoms with Crippen molar-refractivity contribution in [3.05, 3.63) is 66.4 Å². The number of anilines is 2. The third-order valence-electron chi connectivity index (χ3n) is 5.70. The van der Waals surface area contributed by atoms with Crippen molar-refractivity contribution < 1.29 is 19.1 Å². The zero-order valence-corrected chi connectivity index (χ0v) is 21.9. The first-order valence-electron chi connectivity index (χ1n) is 12.3. The van der Waals surface area contributed by atoms with Crippen LogP contribution < -0.4 is 21.1 Å². The lowest BCUT2D eigenvalue weighted by Gasteiger charge is -2.31. The largest absolute Gasteiger partial charge is 0.495 e. The number of methoxy groups -OCH3 is 1. The summed E-state index contributed by atoms with van der Waals surface area (Å²) in [7, 11) is 1.53. The standard InChI is InChI=1S/C28H32N6O4/c1-28(2,3)38-27(36)31-21-10-6-18(7-11-21)20-9-13-24(30-17-20)33-26(29)32-22-12-8-19(16-23(22)37-4)25(35)34-14-5-15-34/h6-13,16-17H,5,14-15H2,1-4H3,(H,31,36)(H3,29,30,32,33). The second kappa shape index (κ2) is 11.2. The van der Waals surface area contributed by atoms with E-state index in [0.717, 1.165) is 30.6 Å². The molecule has 1 fully saturated rings. The van der Waals surface area contributed by atoms with Crippen molar-refractivity contribution in [2.24, 2.45) is 10.7 Å². The fraction of sp³-hybridized carbons (Fsp3) is 0.286. The Morgan fingerprint density at radius 3 is 2.29 bits per heavy atom. The van der Waals surface area contributed by atoms with Crippen molar-refractivity contribution in [2.45, 2.75) is 32.8 Å². The zero-order chi connectivity index (χ0) is 27.3. The second-order valence-electron chi connectivity index (χ2n) is 9.79. The van der Waals surface area contributed by atoms with Gasteiger partial charge in [0.2, 0.25) is 0 Å². The number of hydrogen-bond acceptors (Lipinski definition) is 6. The Morgan fingerprint density at radius 2 is 1.71 bits per heavy atom. The molecular weight excluding hydrogens is 484 g/mol. The van der Waals surface area contributed by atoms with Crippen molar-refractivity contribution in [3.63, 3.8) is 0 Å². The number of nitrogens with one attached hydrogen (secondary N) is 2. The fourth-order valence-corrected chi connectivity index (χ4v) is 3.71. The number of pyridine rings is 1. The first kappa shape index (κ1) is 26.5. The van der Waals surface area contributed by atoms with Crippen LogP contribution in [0.1, 0.15) is 37.6 Å². The van der Waals surface area contributed by atoms with E-state index < -0.39 is 11.7 Å². The van der Waals surface area contributed by atoms with E-state index in [1.165, 1.54) is 7.11 Å². The van der Waals surface area contributed by atoms with Gasteiger partial charge in [-0.05, 0) is 75.2 Å². The monoisotopic (exact) mass is 516 g/mol. The van der Waals surface area contributed by atoms with Crippen LogP contribution in [-0.2, 0) is 4.74 Å². The number of guanidine groups is 1. The van der Waals surface area contributed by atoms with Gasteiger partial charge in [0, 0.05) is 36.1 Å². The van der Waals surface area contributed by atoms with E-state index in [2.05, 4.69) is 20.6 Å². The molecule has 2 heterocycles. The van der Waals surface area contributed by atoms with Gasteiger partial charge in [-0.3, -0.25) is 10.1 Å². The number of nitrogens with two attached hydrogens (primary N) is 1. The molecule has 10 nitrogen and oxygen atoms in total. The second-order valence-corrected chi connectivity index (χ2v) is 9.79. The van der Waals surface area contributed by atoms with Crippen LogP contribution in [0.3, 0.4) is 0 Å². The zero-order valence-electron chi connectivity index (χ0n) is 21.9. The van der Waals surface area contributed by atoms with Crippen molar-refractivity contribution in [1.29, 1.82) is 0 Å². The van der Waals surface area contributed by atoms with Gasteiger partial charge in [0.25, 0.3) is 5.91 Å². The maximum Gasteiger partial charge on any atom is 0.412 e. The molecule has 1 aromatic heterocycles. The van der Waals surface area contributed by atoms with Gasteiger partial charge in [0.1, 0.15) is 11.4 Å². The molecule has 1 aliphatic heterocycles. The highest BCUT2D eigenvalue weighted by Crippen LogP contribution is 2.27. The van der Waals surface area contributed by atoms with Crippen molar-refractivity contribution >= 4 is 35.2 Å². The van der Waals surface area contributed by atoms with E-state index in [1.54, 1.807) is 47.5 Å². The summed E-state index contributed by atoms with van der Waals surface area (Å²) in [6.07, 6.45) is 2.22. The first-order chi connectivity index (χ1) is 18.1. The van der Waals surface area contributed by atoms with Crippen LogP contribution in [0.15, 0.2) is 65.8 Å². The molecule has 4 N–H and O–H groups in total. The van der Waals surface area contributed by atoms with Gasteiger partial charge in [-0.15, -0.1) is 0 Å². The van der Waals surface area contributed by atoms with E-state index in [0.29, 0.717) is 28.5 Å². The molecule has 38 heavy (non-hydrogen) atoms. The van der Waals surface area contributed by atoms with Gasteiger partial charge >= 0.3 is 6.09 Å². The summed E-state index contributed by atoms with van der Waals surface area (Å²) in [5, 5.41) is 5.72. The maximum absolute atomic E-state index is 12.5. The highest BCUT2D eigenvalue weighted by Gasteiger charge is 2.22. The van der Waals surface area contributed by atoms with Crippen LogP contribution >= 0.6 is 0 Å². The van der Waals surface area contributed by atoms with Crippen molar-refractivity contribution in [1.82, 2.24) is 9.88 Å². The molecular formula is C28H32N6O4. The Balaban J connectivity index is 1.39. The molecule has 1 saturated heterocycles. The highest BCUT2D eigenvalue weighted by atomic mass is 16.6. The van der Waals surface area contributed by atoms with Crippen LogP contribution in [0.25, 0.3) is 11.1 Å². The molecule has 10 heteroatoms. The normalized spacial score (nSPS) is 13.4. The summed E-state index contributed by atoms with van der Waals surface area (Å²) < 4.78 is 10.7. The number of aromatic nitrogens is 1. The molecule has 198 valence electrons. The lowest BCUT2D eigenvalue weighted by molar-refractivity contribution is 0.0632. The summed E-state index contributed by atoms with van der Waals surface area (Å²) >= 11 is 0. The predicted octanol–water partition coefficient (Wildman–Crippen LogP) is 5.01. The fourth-order valence-electron chi connectivity index (χ4n) is 3.71. The first-order valence-corrected chi connectivity index (χ1v) is 12.3. The third kappa shape index (κ3) is 6.78. The molecule has 0 saturated carbocycles. The van der Waals surface area contributed by atoms with E-state index in [9.17, 15) is 9.59 Å². The number of hydrogen-bond donors (Lipinski definition) is 3. The Bertz CT molecular complexity index is 1330. The van der Waals surface area contributed by atoms with Crippen LogP contribution in [0.5, 0.6) is 5.75 Å². The average molecular weight is 517 g/mol. The molecule has 0 radical (unpaired) electrons. The minimum Gasteiger partial charge on any atom is -0.495 e. The Labute approximate surface area is 221 Å². The number of likely N-dealkylation sites (tertiary alicyclic amines) is 1. The summed E-state index contributed by atoms with van der Waals surface area (Å²) in [6.45, 7) is 7.00. The quantitative estimate of drug-likeness (QED) is 0.310. The topological polar surface area (TPSA) is 131 Å². The lowest BCUT2D eigenvalue weighted by Crippen LogP contribution is -2.42. The molecule has 2 amide bonds. The molecule has 0 aliphatic carbocycles. The Kier molecular flexibility index (Phi) is 7.80. The minimum absolute atomic E-state index is 0.0130. The van der Waals surface area contributed by atoms with Crippen LogP contribution in [0.4, 0.5) is 22.0 Å². The number of amides is 2. The van der Waals surface area contributed by atoms with Crippen LogP contribution in [0, 0.1) is 0 Å². The van der Waals surface area contributed by atoms with Gasteiger partial charge in [-0.25, -0.2) is 9.78 Å². The number of benzene rings is 2. The maximum atomic E-state index is 12.5. The van der Waals surface area contributed by atoms with Gasteiger partial charge in [0.05, 0.1) is 12.8 Å². The number of aliphatic imine (C=N–C) groups is 1. The van der Waals surface area contributed by atoms with Crippen LogP contribution in [-0.4, -0.2) is 53.6 Å². The summed E-state index contributed by atoms with van der Waals surface area (Å²) in [4.78, 5) is 34.9. The average Bonchev–Trinajstić information content (AvgIpc) is 2.83. The lowest BCUT2D eigenvalue weighted by atomic mass is 10.1. The Hall–Kier alpha value is -4.60. The molecule has 0 spiro atoms. The van der Waals surface area contributed by atoms with E-state index >= 15 is 0 Å². The number of ether oxygens (including phenoxy) is 2. The van der Waals surface area contributed by atoms with Crippen molar-refractivity contribution in [2.75, 3.05) is 30.8 Å². The van der Waals surface area contributed by atoms with Gasteiger partial charge in [-0.1, -0.05) is 12.1 Å². The highest BCUT2D eigenvalue weighted by molar-refractivity contribution is 5.98. The number of carbonyl (C=O) groups excluding carboxylic acids is 2. The molecule has 3 aromatic rings. The van der Waals surface area contributed by atoms with E-state index in [4.69, 9.17) is 15.2 Å². The molecule has 0 bridgehead atoms. The summed E-state index contributed by atoms with van der Waals surface area (Å²) in [5.74, 6) is 1.02. The number of rotatable bonds is 6. The minimum atomic E-state index is -0.566. The predicted molar refractivity (Wildman–Crippen MR) is 148 cm³/mol. The van der Waals surface area contributed by atoms with Gasteiger partial charge in [-0.2, -0.15) is 4.99 Å². The molecule has 0 unspecified atom stereocenters. The number of carbonyl (C=O) groups is 2. The molecule has 1 aliphatic rings. The van der Waals surface area contributed by atoms with Gasteiger partial charge < -0.3 is 25.4 Å². The SMILES string of the molecule is COc1cc(C(=O)N2CCC2)ccc1NC(N)=Nc1ccc(-c2ccc(NC(=O)OC(C)(C)C)cc2)cn1.